The number of aliphatic hydroxyl groups is 1. The first-order valence-corrected chi connectivity index (χ1v) is 8.13. The van der Waals surface area contributed by atoms with Gasteiger partial charge in [-0.1, -0.05) is 31.2 Å². The minimum atomic E-state index is -0.00956. The van der Waals surface area contributed by atoms with Crippen LogP contribution in [0.1, 0.15) is 19.5 Å². The Kier molecular flexibility index (Phi) is 3.85. The van der Waals surface area contributed by atoms with Gasteiger partial charge in [-0.2, -0.15) is 11.8 Å². The van der Waals surface area contributed by atoms with Gasteiger partial charge in [-0.15, -0.1) is 0 Å². The molecule has 0 bridgehead atoms. The minimum Gasteiger partial charge on any atom is -0.390 e. The van der Waals surface area contributed by atoms with Crippen LogP contribution in [0.5, 0.6) is 0 Å². The number of hydrogen-bond donors (Lipinski definition) is 1. The molecule has 1 aromatic carbocycles. The van der Waals surface area contributed by atoms with Gasteiger partial charge in [-0.3, -0.25) is 0 Å². The quantitative estimate of drug-likeness (QED) is 0.921. The Bertz CT molecular complexity index is 616. The van der Waals surface area contributed by atoms with E-state index in [1.807, 2.05) is 23.9 Å². The zero-order chi connectivity index (χ0) is 14.1. The third-order valence-electron chi connectivity index (χ3n) is 4.09. The van der Waals surface area contributed by atoms with Gasteiger partial charge in [-0.05, 0) is 18.4 Å². The van der Waals surface area contributed by atoms with Gasteiger partial charge in [0.15, 0.2) is 0 Å². The lowest BCUT2D eigenvalue weighted by molar-refractivity contribution is 0.277. The molecule has 1 aliphatic rings. The Balaban J connectivity index is 2.13. The van der Waals surface area contributed by atoms with Crippen molar-refractivity contribution in [3.63, 3.8) is 0 Å². The third kappa shape index (κ3) is 2.38. The molecule has 0 radical (unpaired) electrons. The van der Waals surface area contributed by atoms with Crippen molar-refractivity contribution in [2.75, 3.05) is 17.2 Å². The summed E-state index contributed by atoms with van der Waals surface area (Å²) in [5, 5.41) is 12.4. The summed E-state index contributed by atoms with van der Waals surface area (Å²) in [5.41, 5.74) is 0.747. The number of anilines is 1. The van der Waals surface area contributed by atoms with E-state index < -0.39 is 0 Å². The van der Waals surface area contributed by atoms with E-state index in [2.05, 4.69) is 36.9 Å². The lowest BCUT2D eigenvalue weighted by atomic mass is 10.1. The molecule has 0 amide bonds. The molecule has 4 heteroatoms. The first kappa shape index (κ1) is 13.7. The molecular formula is C16H20N2OS. The Morgan fingerprint density at radius 1 is 1.35 bits per heavy atom. The summed E-state index contributed by atoms with van der Waals surface area (Å²) >= 11 is 2.02. The predicted molar refractivity (Wildman–Crippen MR) is 86.4 cm³/mol. The van der Waals surface area contributed by atoms with Crippen molar-refractivity contribution in [3.8, 4) is 0 Å². The highest BCUT2D eigenvalue weighted by Gasteiger charge is 2.27. The lowest BCUT2D eigenvalue weighted by Gasteiger charge is -2.39. The van der Waals surface area contributed by atoms with Gasteiger partial charge in [-0.25, -0.2) is 4.98 Å². The minimum absolute atomic E-state index is 0.00956. The molecule has 2 heterocycles. The molecule has 2 unspecified atom stereocenters. The van der Waals surface area contributed by atoms with Gasteiger partial charge < -0.3 is 10.0 Å². The summed E-state index contributed by atoms with van der Waals surface area (Å²) in [7, 11) is 0. The van der Waals surface area contributed by atoms with Crippen molar-refractivity contribution in [3.05, 3.63) is 36.0 Å². The molecule has 1 saturated heterocycles. The number of thioether (sulfide) groups is 1. The second kappa shape index (κ2) is 5.62. The Morgan fingerprint density at radius 2 is 2.15 bits per heavy atom. The van der Waals surface area contributed by atoms with E-state index in [4.69, 9.17) is 4.98 Å². The van der Waals surface area contributed by atoms with E-state index >= 15 is 0 Å². The van der Waals surface area contributed by atoms with Gasteiger partial charge >= 0.3 is 0 Å². The fourth-order valence-corrected chi connectivity index (χ4v) is 3.87. The molecule has 106 valence electrons. The number of pyridine rings is 1. The number of rotatable bonds is 2. The smallest absolute Gasteiger partial charge is 0.137 e. The van der Waals surface area contributed by atoms with Gasteiger partial charge in [0, 0.05) is 29.0 Å². The highest BCUT2D eigenvalue weighted by molar-refractivity contribution is 8.00. The van der Waals surface area contributed by atoms with Crippen LogP contribution < -0.4 is 4.90 Å². The monoisotopic (exact) mass is 288 g/mol. The maximum Gasteiger partial charge on any atom is 0.137 e. The first-order chi connectivity index (χ1) is 9.70. The second-order valence-corrected chi connectivity index (χ2v) is 6.81. The van der Waals surface area contributed by atoms with Gasteiger partial charge in [0.05, 0.1) is 12.3 Å². The third-order valence-corrected chi connectivity index (χ3v) is 5.43. The second-order valence-electron chi connectivity index (χ2n) is 5.33. The zero-order valence-electron chi connectivity index (χ0n) is 11.9. The first-order valence-electron chi connectivity index (χ1n) is 7.08. The van der Waals surface area contributed by atoms with Crippen LogP contribution in [-0.4, -0.2) is 33.7 Å². The van der Waals surface area contributed by atoms with E-state index in [-0.39, 0.29) is 6.61 Å². The molecule has 3 rings (SSSR count). The number of nitrogens with zero attached hydrogens (tertiary/aromatic N) is 2. The van der Waals surface area contributed by atoms with Crippen molar-refractivity contribution < 1.29 is 5.11 Å². The topological polar surface area (TPSA) is 36.4 Å². The number of aromatic nitrogens is 1. The molecule has 2 atom stereocenters. The summed E-state index contributed by atoms with van der Waals surface area (Å²) in [4.78, 5) is 7.09. The summed E-state index contributed by atoms with van der Waals surface area (Å²) < 4.78 is 0. The SMILES string of the molecule is CC1SCCN(c2nc(CO)cc3ccccc23)C1C. The largest absolute Gasteiger partial charge is 0.390 e. The highest BCUT2D eigenvalue weighted by Crippen LogP contribution is 2.32. The van der Waals surface area contributed by atoms with Crippen molar-refractivity contribution >= 4 is 28.4 Å². The number of benzene rings is 1. The maximum atomic E-state index is 9.45. The molecule has 0 aliphatic carbocycles. The maximum absolute atomic E-state index is 9.45. The summed E-state index contributed by atoms with van der Waals surface area (Å²) in [6.07, 6.45) is 0. The van der Waals surface area contributed by atoms with Crippen LogP contribution in [0, 0.1) is 0 Å². The number of fused-ring (bicyclic) bond motifs is 1. The van der Waals surface area contributed by atoms with Crippen LogP contribution in [0.15, 0.2) is 30.3 Å². The van der Waals surface area contributed by atoms with Gasteiger partial charge in [0.2, 0.25) is 0 Å². The van der Waals surface area contributed by atoms with Gasteiger partial charge in [0.25, 0.3) is 0 Å². The Morgan fingerprint density at radius 3 is 2.95 bits per heavy atom. The van der Waals surface area contributed by atoms with Gasteiger partial charge in [0.1, 0.15) is 5.82 Å². The van der Waals surface area contributed by atoms with E-state index in [9.17, 15) is 5.11 Å². The molecule has 1 fully saturated rings. The fraction of sp³-hybridized carbons (Fsp3) is 0.438. The van der Waals surface area contributed by atoms with Crippen LogP contribution in [0.4, 0.5) is 5.82 Å². The van der Waals surface area contributed by atoms with Crippen molar-refractivity contribution in [1.29, 1.82) is 0 Å². The van der Waals surface area contributed by atoms with E-state index in [1.165, 1.54) is 5.39 Å². The average molecular weight is 288 g/mol. The Labute approximate surface area is 124 Å². The van der Waals surface area contributed by atoms with Crippen molar-refractivity contribution in [2.24, 2.45) is 0 Å². The molecule has 3 nitrogen and oxygen atoms in total. The van der Waals surface area contributed by atoms with E-state index in [0.717, 1.165) is 29.2 Å². The summed E-state index contributed by atoms with van der Waals surface area (Å²) in [6, 6.07) is 10.7. The molecule has 0 spiro atoms. The van der Waals surface area contributed by atoms with Crippen LogP contribution in [0.3, 0.4) is 0 Å². The molecule has 20 heavy (non-hydrogen) atoms. The van der Waals surface area contributed by atoms with Crippen LogP contribution in [0.2, 0.25) is 0 Å². The molecular weight excluding hydrogens is 268 g/mol. The number of hydrogen-bond acceptors (Lipinski definition) is 4. The van der Waals surface area contributed by atoms with Crippen LogP contribution in [0.25, 0.3) is 10.8 Å². The van der Waals surface area contributed by atoms with Crippen LogP contribution in [-0.2, 0) is 6.61 Å². The zero-order valence-corrected chi connectivity index (χ0v) is 12.7. The van der Waals surface area contributed by atoms with E-state index in [1.54, 1.807) is 0 Å². The standard InChI is InChI=1S/C16H20N2OS/c1-11-12(2)20-8-7-18(11)16-15-6-4-3-5-13(15)9-14(10-19)17-16/h3-6,9,11-12,19H,7-8,10H2,1-2H3. The molecule has 1 N–H and O–H groups in total. The lowest BCUT2D eigenvalue weighted by Crippen LogP contribution is -2.45. The van der Waals surface area contributed by atoms with Crippen molar-refractivity contribution in [2.45, 2.75) is 31.7 Å². The summed E-state index contributed by atoms with van der Waals surface area (Å²) in [6.45, 7) is 5.55. The van der Waals surface area contributed by atoms with Crippen LogP contribution >= 0.6 is 11.8 Å². The normalized spacial score (nSPS) is 23.2. The molecule has 2 aromatic rings. The fourth-order valence-electron chi connectivity index (χ4n) is 2.77. The summed E-state index contributed by atoms with van der Waals surface area (Å²) in [5.74, 6) is 2.15. The highest BCUT2D eigenvalue weighted by atomic mass is 32.2. The average Bonchev–Trinajstić information content (AvgIpc) is 2.49. The number of aliphatic hydroxyl groups excluding tert-OH is 1. The molecule has 1 aromatic heterocycles. The van der Waals surface area contributed by atoms with E-state index in [0.29, 0.717) is 11.3 Å². The molecule has 0 saturated carbocycles. The molecule has 1 aliphatic heterocycles. The Hall–Kier alpha value is -1.26. The predicted octanol–water partition coefficient (Wildman–Crippen LogP) is 3.06. The van der Waals surface area contributed by atoms with Crippen molar-refractivity contribution in [1.82, 2.24) is 4.98 Å².